The van der Waals surface area contributed by atoms with Gasteiger partial charge in [0.05, 0.1) is 12.2 Å². The first-order valence-electron chi connectivity index (χ1n) is 9.43. The third-order valence-corrected chi connectivity index (χ3v) is 5.24. The lowest BCUT2D eigenvalue weighted by molar-refractivity contribution is 0.174. The number of guanidine groups is 1. The molecule has 1 aliphatic heterocycles. The van der Waals surface area contributed by atoms with Gasteiger partial charge in [-0.05, 0) is 30.0 Å². The molecule has 0 bridgehead atoms. The number of aromatic nitrogens is 2. The second-order valence-corrected chi connectivity index (χ2v) is 6.80. The van der Waals surface area contributed by atoms with Crippen LogP contribution in [0.5, 0.6) is 0 Å². The van der Waals surface area contributed by atoms with Crippen LogP contribution in [0.4, 0.5) is 0 Å². The van der Waals surface area contributed by atoms with Crippen molar-refractivity contribution >= 4 is 29.9 Å². The fourth-order valence-corrected chi connectivity index (χ4v) is 3.54. The van der Waals surface area contributed by atoms with E-state index < -0.39 is 0 Å². The minimum absolute atomic E-state index is 0. The SMILES string of the molecule is CCC(CNC(=NC)NCc1ccnn1C)N1CCc2ccccc2C1.I. The monoisotopic (exact) mass is 482 g/mol. The summed E-state index contributed by atoms with van der Waals surface area (Å²) in [5.74, 6) is 0.835. The molecule has 0 radical (unpaired) electrons. The van der Waals surface area contributed by atoms with Crippen LogP contribution in [0, 0.1) is 0 Å². The molecular formula is C20H31IN6. The van der Waals surface area contributed by atoms with Crippen molar-refractivity contribution in [3.8, 4) is 0 Å². The largest absolute Gasteiger partial charge is 0.355 e. The van der Waals surface area contributed by atoms with E-state index in [0.717, 1.165) is 44.1 Å². The van der Waals surface area contributed by atoms with Crippen molar-refractivity contribution < 1.29 is 0 Å². The highest BCUT2D eigenvalue weighted by atomic mass is 127. The summed E-state index contributed by atoms with van der Waals surface area (Å²) >= 11 is 0. The molecule has 7 heteroatoms. The van der Waals surface area contributed by atoms with Gasteiger partial charge in [-0.1, -0.05) is 31.2 Å². The van der Waals surface area contributed by atoms with Crippen molar-refractivity contribution in [1.82, 2.24) is 25.3 Å². The summed E-state index contributed by atoms with van der Waals surface area (Å²) in [7, 11) is 3.77. The maximum atomic E-state index is 4.35. The van der Waals surface area contributed by atoms with Gasteiger partial charge < -0.3 is 10.6 Å². The smallest absolute Gasteiger partial charge is 0.191 e. The van der Waals surface area contributed by atoms with E-state index in [1.807, 2.05) is 31.0 Å². The van der Waals surface area contributed by atoms with Gasteiger partial charge in [-0.2, -0.15) is 5.10 Å². The quantitative estimate of drug-likeness (QED) is 0.378. The van der Waals surface area contributed by atoms with Gasteiger partial charge in [0.25, 0.3) is 0 Å². The first-order valence-corrected chi connectivity index (χ1v) is 9.43. The molecule has 0 saturated carbocycles. The Kier molecular flexibility index (Phi) is 8.56. The van der Waals surface area contributed by atoms with Crippen LogP contribution >= 0.6 is 24.0 Å². The summed E-state index contributed by atoms with van der Waals surface area (Å²) in [4.78, 5) is 6.94. The average Bonchev–Trinajstić information content (AvgIpc) is 3.09. The van der Waals surface area contributed by atoms with Crippen LogP contribution < -0.4 is 10.6 Å². The molecule has 0 amide bonds. The van der Waals surface area contributed by atoms with E-state index in [-0.39, 0.29) is 24.0 Å². The molecule has 6 nitrogen and oxygen atoms in total. The van der Waals surface area contributed by atoms with Gasteiger partial charge in [0.1, 0.15) is 0 Å². The van der Waals surface area contributed by atoms with Crippen LogP contribution in [-0.4, -0.2) is 46.8 Å². The first kappa shape index (κ1) is 21.7. The van der Waals surface area contributed by atoms with Crippen LogP contribution in [0.1, 0.15) is 30.2 Å². The van der Waals surface area contributed by atoms with Gasteiger partial charge in [0, 0.05) is 46.0 Å². The molecule has 1 aliphatic rings. The van der Waals surface area contributed by atoms with Crippen LogP contribution in [0.25, 0.3) is 0 Å². The zero-order valence-electron chi connectivity index (χ0n) is 16.5. The third-order valence-electron chi connectivity index (χ3n) is 5.24. The Morgan fingerprint density at radius 2 is 2.00 bits per heavy atom. The summed E-state index contributed by atoms with van der Waals surface area (Å²) in [6.45, 7) is 6.03. The van der Waals surface area contributed by atoms with E-state index in [4.69, 9.17) is 0 Å². The predicted octanol–water partition coefficient (Wildman–Crippen LogP) is 2.54. The molecule has 2 N–H and O–H groups in total. The van der Waals surface area contributed by atoms with Crippen molar-refractivity contribution in [1.29, 1.82) is 0 Å². The number of aryl methyl sites for hydroxylation is 1. The van der Waals surface area contributed by atoms with E-state index in [1.165, 1.54) is 11.1 Å². The van der Waals surface area contributed by atoms with Crippen molar-refractivity contribution in [2.75, 3.05) is 20.1 Å². The van der Waals surface area contributed by atoms with Gasteiger partial charge in [-0.25, -0.2) is 0 Å². The van der Waals surface area contributed by atoms with Crippen molar-refractivity contribution in [2.45, 2.75) is 38.9 Å². The topological polar surface area (TPSA) is 57.5 Å². The molecule has 1 unspecified atom stereocenters. The molecule has 27 heavy (non-hydrogen) atoms. The Hall–Kier alpha value is -1.61. The Labute approximate surface area is 179 Å². The lowest BCUT2D eigenvalue weighted by Crippen LogP contribution is -2.48. The number of benzene rings is 1. The lowest BCUT2D eigenvalue weighted by atomic mass is 9.98. The molecule has 2 heterocycles. The normalized spacial score (nSPS) is 15.6. The number of fused-ring (bicyclic) bond motifs is 1. The summed E-state index contributed by atoms with van der Waals surface area (Å²) in [5.41, 5.74) is 4.10. The number of hydrogen-bond acceptors (Lipinski definition) is 3. The number of rotatable bonds is 6. The fourth-order valence-electron chi connectivity index (χ4n) is 3.54. The van der Waals surface area contributed by atoms with E-state index in [1.54, 1.807) is 0 Å². The van der Waals surface area contributed by atoms with Crippen LogP contribution in [-0.2, 0) is 26.6 Å². The average molecular weight is 482 g/mol. The van der Waals surface area contributed by atoms with E-state index in [0.29, 0.717) is 12.6 Å². The Bertz CT molecular complexity index is 742. The number of halogens is 1. The number of aliphatic imine (C=N–C) groups is 1. The Balaban J connectivity index is 0.00000261. The standard InChI is InChI=1S/C20H30N6.HI/c1-4-18(26-12-10-16-7-5-6-8-17(16)15-26)13-22-20(21-2)23-14-19-9-11-24-25(19)3;/h5-9,11,18H,4,10,12-15H2,1-3H3,(H2,21,22,23);1H. The highest BCUT2D eigenvalue weighted by Crippen LogP contribution is 2.21. The minimum Gasteiger partial charge on any atom is -0.355 e. The summed E-state index contributed by atoms with van der Waals surface area (Å²) in [6.07, 6.45) is 4.07. The van der Waals surface area contributed by atoms with Crippen LogP contribution in [0.15, 0.2) is 41.5 Å². The van der Waals surface area contributed by atoms with Gasteiger partial charge in [0.15, 0.2) is 5.96 Å². The molecule has 0 spiro atoms. The molecule has 148 valence electrons. The lowest BCUT2D eigenvalue weighted by Gasteiger charge is -2.35. The zero-order valence-corrected chi connectivity index (χ0v) is 18.8. The molecule has 1 aromatic heterocycles. The van der Waals surface area contributed by atoms with Gasteiger partial charge in [0.2, 0.25) is 0 Å². The number of nitrogens with one attached hydrogen (secondary N) is 2. The maximum Gasteiger partial charge on any atom is 0.191 e. The van der Waals surface area contributed by atoms with Crippen molar-refractivity contribution in [2.24, 2.45) is 12.0 Å². The minimum atomic E-state index is 0. The Morgan fingerprint density at radius 1 is 1.22 bits per heavy atom. The highest BCUT2D eigenvalue weighted by molar-refractivity contribution is 14.0. The second-order valence-electron chi connectivity index (χ2n) is 6.80. The molecule has 2 aromatic rings. The molecular weight excluding hydrogens is 451 g/mol. The fraction of sp³-hybridized carbons (Fsp3) is 0.500. The zero-order chi connectivity index (χ0) is 18.4. The van der Waals surface area contributed by atoms with Gasteiger partial charge >= 0.3 is 0 Å². The Morgan fingerprint density at radius 3 is 2.67 bits per heavy atom. The summed E-state index contributed by atoms with van der Waals surface area (Å²) in [5, 5.41) is 11.1. The molecule has 3 rings (SSSR count). The first-order chi connectivity index (χ1) is 12.7. The summed E-state index contributed by atoms with van der Waals surface area (Å²) < 4.78 is 1.88. The predicted molar refractivity (Wildman–Crippen MR) is 121 cm³/mol. The maximum absolute atomic E-state index is 4.35. The number of hydrogen-bond donors (Lipinski definition) is 2. The highest BCUT2D eigenvalue weighted by Gasteiger charge is 2.22. The summed E-state index contributed by atoms with van der Waals surface area (Å²) in [6, 6.07) is 11.3. The molecule has 0 fully saturated rings. The van der Waals surface area contributed by atoms with Crippen molar-refractivity contribution in [3.63, 3.8) is 0 Å². The second kappa shape index (κ2) is 10.7. The van der Waals surface area contributed by atoms with Crippen LogP contribution in [0.3, 0.4) is 0 Å². The van der Waals surface area contributed by atoms with Gasteiger partial charge in [-0.15, -0.1) is 24.0 Å². The molecule has 0 aliphatic carbocycles. The molecule has 1 aromatic carbocycles. The van der Waals surface area contributed by atoms with Crippen LogP contribution in [0.2, 0.25) is 0 Å². The third kappa shape index (κ3) is 5.68. The molecule has 1 atom stereocenters. The molecule has 0 saturated heterocycles. The van der Waals surface area contributed by atoms with E-state index in [9.17, 15) is 0 Å². The number of nitrogens with zero attached hydrogens (tertiary/aromatic N) is 4. The van der Waals surface area contributed by atoms with Crippen molar-refractivity contribution in [3.05, 3.63) is 53.3 Å². The van der Waals surface area contributed by atoms with E-state index in [2.05, 4.69) is 56.8 Å². The van der Waals surface area contributed by atoms with Gasteiger partial charge in [-0.3, -0.25) is 14.6 Å². The van der Waals surface area contributed by atoms with E-state index >= 15 is 0 Å².